The Morgan fingerprint density at radius 2 is 1.82 bits per heavy atom. The lowest BCUT2D eigenvalue weighted by atomic mass is 9.83. The summed E-state index contributed by atoms with van der Waals surface area (Å²) in [6.07, 6.45) is 1.56. The third-order valence-corrected chi connectivity index (χ3v) is 6.83. The molecule has 172 valence electrons. The van der Waals surface area contributed by atoms with Gasteiger partial charge in [0.15, 0.2) is 0 Å². The number of piperidine rings is 1. The zero-order valence-electron chi connectivity index (χ0n) is 18.9. The maximum Gasteiger partial charge on any atom is 0.224 e. The Balaban J connectivity index is 1.47. The summed E-state index contributed by atoms with van der Waals surface area (Å²) in [6, 6.07) is 23.3. The Bertz CT molecular complexity index is 1090. The minimum absolute atomic E-state index is 0.0821. The minimum atomic E-state index is -0.197. The summed E-state index contributed by atoms with van der Waals surface area (Å²) in [5, 5.41) is 3.87. The van der Waals surface area contributed by atoms with Crippen LogP contribution in [0.3, 0.4) is 0 Å². The molecule has 0 unspecified atom stereocenters. The third kappa shape index (κ3) is 6.21. The van der Waals surface area contributed by atoms with Crippen LogP contribution in [-0.4, -0.2) is 30.4 Å². The van der Waals surface area contributed by atoms with E-state index in [0.717, 1.165) is 35.5 Å². The monoisotopic (exact) mass is 464 g/mol. The van der Waals surface area contributed by atoms with E-state index < -0.39 is 0 Å². The average molecular weight is 465 g/mol. The van der Waals surface area contributed by atoms with E-state index in [0.29, 0.717) is 25.2 Å². The molecule has 33 heavy (non-hydrogen) atoms. The number of likely N-dealkylation sites (tertiary alicyclic amines) is 1. The van der Waals surface area contributed by atoms with E-state index in [1.165, 1.54) is 11.6 Å². The summed E-state index contributed by atoms with van der Waals surface area (Å²) in [5.74, 6) is -0.0888. The van der Waals surface area contributed by atoms with Crippen molar-refractivity contribution in [2.75, 3.05) is 19.6 Å². The molecule has 1 aliphatic heterocycles. The van der Waals surface area contributed by atoms with Crippen LogP contribution in [0.2, 0.25) is 5.02 Å². The number of nitrogens with one attached hydrogen (secondary N) is 1. The molecule has 1 fully saturated rings. The van der Waals surface area contributed by atoms with Crippen molar-refractivity contribution in [1.82, 2.24) is 10.2 Å². The highest BCUT2D eigenvalue weighted by atomic mass is 35.5. The number of amides is 1. The van der Waals surface area contributed by atoms with Gasteiger partial charge in [0.2, 0.25) is 5.91 Å². The van der Waals surface area contributed by atoms with Gasteiger partial charge in [-0.2, -0.15) is 0 Å². The van der Waals surface area contributed by atoms with Crippen LogP contribution in [0.5, 0.6) is 0 Å². The highest BCUT2D eigenvalue weighted by Crippen LogP contribution is 2.33. The smallest absolute Gasteiger partial charge is 0.224 e. The van der Waals surface area contributed by atoms with Gasteiger partial charge in [0.05, 0.1) is 5.92 Å². The van der Waals surface area contributed by atoms with Gasteiger partial charge in [0.25, 0.3) is 0 Å². The maximum atomic E-state index is 13.9. The summed E-state index contributed by atoms with van der Waals surface area (Å²) in [6.45, 7) is 4.58. The Morgan fingerprint density at radius 3 is 2.58 bits per heavy atom. The summed E-state index contributed by atoms with van der Waals surface area (Å²) in [5.41, 5.74) is 3.99. The molecule has 1 saturated heterocycles. The lowest BCUT2D eigenvalue weighted by Gasteiger charge is -2.37. The molecule has 2 atom stereocenters. The van der Waals surface area contributed by atoms with Gasteiger partial charge < -0.3 is 5.32 Å². The van der Waals surface area contributed by atoms with Crippen LogP contribution in [-0.2, 0) is 17.8 Å². The second kappa shape index (κ2) is 11.0. The van der Waals surface area contributed by atoms with Crippen molar-refractivity contribution in [2.24, 2.45) is 5.92 Å². The van der Waals surface area contributed by atoms with E-state index in [-0.39, 0.29) is 23.6 Å². The number of rotatable bonds is 7. The molecule has 0 aliphatic carbocycles. The van der Waals surface area contributed by atoms with Crippen molar-refractivity contribution < 1.29 is 9.18 Å². The number of hydrogen-bond acceptors (Lipinski definition) is 2. The Hall–Kier alpha value is -2.69. The van der Waals surface area contributed by atoms with E-state index in [9.17, 15) is 9.18 Å². The van der Waals surface area contributed by atoms with Gasteiger partial charge in [-0.05, 0) is 60.1 Å². The molecule has 0 bridgehead atoms. The molecule has 1 amide bonds. The molecule has 1 aliphatic rings. The SMILES string of the molecule is Cc1cc([C@H]2C[C@H](C(=O)NCCc3ccccc3)CN(Cc3ccccc3Cl)C2)ccc1F. The molecule has 0 saturated carbocycles. The molecule has 3 aromatic rings. The third-order valence-electron chi connectivity index (χ3n) is 6.46. The van der Waals surface area contributed by atoms with Crippen molar-refractivity contribution in [1.29, 1.82) is 0 Å². The van der Waals surface area contributed by atoms with Gasteiger partial charge >= 0.3 is 0 Å². The first-order chi connectivity index (χ1) is 16.0. The molecular weight excluding hydrogens is 435 g/mol. The normalized spacial score (nSPS) is 18.8. The predicted molar refractivity (Wildman–Crippen MR) is 132 cm³/mol. The fourth-order valence-electron chi connectivity index (χ4n) is 4.66. The zero-order valence-corrected chi connectivity index (χ0v) is 19.7. The van der Waals surface area contributed by atoms with Crippen molar-refractivity contribution in [3.05, 3.63) is 106 Å². The van der Waals surface area contributed by atoms with Crippen LogP contribution in [0.4, 0.5) is 4.39 Å². The fraction of sp³-hybridized carbons (Fsp3) is 0.321. The molecule has 4 rings (SSSR count). The second-order valence-corrected chi connectivity index (χ2v) is 9.36. The van der Waals surface area contributed by atoms with Crippen LogP contribution in [0, 0.1) is 18.7 Å². The fourth-order valence-corrected chi connectivity index (χ4v) is 4.85. The van der Waals surface area contributed by atoms with Crippen LogP contribution < -0.4 is 5.32 Å². The van der Waals surface area contributed by atoms with Gasteiger partial charge in [-0.1, -0.05) is 72.3 Å². The molecule has 0 aromatic heterocycles. The van der Waals surface area contributed by atoms with Crippen LogP contribution >= 0.6 is 11.6 Å². The summed E-state index contributed by atoms with van der Waals surface area (Å²) in [7, 11) is 0. The highest BCUT2D eigenvalue weighted by molar-refractivity contribution is 6.31. The van der Waals surface area contributed by atoms with Crippen LogP contribution in [0.15, 0.2) is 72.8 Å². The molecule has 1 heterocycles. The van der Waals surface area contributed by atoms with E-state index in [1.807, 2.05) is 54.6 Å². The topological polar surface area (TPSA) is 32.3 Å². The van der Waals surface area contributed by atoms with Crippen LogP contribution in [0.25, 0.3) is 0 Å². The quantitative estimate of drug-likeness (QED) is 0.482. The maximum absolute atomic E-state index is 13.9. The molecule has 0 radical (unpaired) electrons. The van der Waals surface area contributed by atoms with Gasteiger partial charge in [0, 0.05) is 31.2 Å². The van der Waals surface area contributed by atoms with Gasteiger partial charge in [-0.25, -0.2) is 4.39 Å². The first-order valence-electron chi connectivity index (χ1n) is 11.5. The van der Waals surface area contributed by atoms with Gasteiger partial charge in [-0.3, -0.25) is 9.69 Å². The lowest BCUT2D eigenvalue weighted by molar-refractivity contribution is -0.127. The van der Waals surface area contributed by atoms with Crippen LogP contribution in [0.1, 0.15) is 34.6 Å². The van der Waals surface area contributed by atoms with Crippen molar-refractivity contribution in [3.8, 4) is 0 Å². The Morgan fingerprint density at radius 1 is 1.06 bits per heavy atom. The summed E-state index contributed by atoms with van der Waals surface area (Å²) in [4.78, 5) is 15.4. The number of nitrogens with zero attached hydrogens (tertiary/aromatic N) is 1. The van der Waals surface area contributed by atoms with E-state index in [4.69, 9.17) is 11.6 Å². The van der Waals surface area contributed by atoms with E-state index >= 15 is 0 Å². The number of benzene rings is 3. The lowest BCUT2D eigenvalue weighted by Crippen LogP contribution is -2.45. The van der Waals surface area contributed by atoms with E-state index in [1.54, 1.807) is 6.92 Å². The summed E-state index contributed by atoms with van der Waals surface area (Å²) < 4.78 is 13.9. The predicted octanol–water partition coefficient (Wildman–Crippen LogP) is 5.75. The van der Waals surface area contributed by atoms with Gasteiger partial charge in [-0.15, -0.1) is 0 Å². The number of aryl methyl sites for hydroxylation is 1. The first-order valence-corrected chi connectivity index (χ1v) is 11.9. The largest absolute Gasteiger partial charge is 0.355 e. The number of hydrogen-bond donors (Lipinski definition) is 1. The average Bonchev–Trinajstić information content (AvgIpc) is 2.83. The molecule has 3 nitrogen and oxygen atoms in total. The van der Waals surface area contributed by atoms with E-state index in [2.05, 4.69) is 22.3 Å². The molecular formula is C28H30ClFN2O. The van der Waals surface area contributed by atoms with Gasteiger partial charge in [0.1, 0.15) is 5.82 Å². The number of carbonyl (C=O) groups is 1. The molecule has 5 heteroatoms. The highest BCUT2D eigenvalue weighted by Gasteiger charge is 2.32. The van der Waals surface area contributed by atoms with Crippen molar-refractivity contribution >= 4 is 17.5 Å². The Labute approximate surface area is 200 Å². The standard InChI is InChI=1S/C28H30ClFN2O/c1-20-15-22(11-12-27(20)30)24-16-25(28(33)31-14-13-21-7-3-2-4-8-21)19-32(18-24)17-23-9-5-6-10-26(23)29/h2-12,15,24-25H,13-14,16-19H2,1H3,(H,31,33)/t24-,25-/m0/s1. The second-order valence-electron chi connectivity index (χ2n) is 8.95. The molecule has 1 N–H and O–H groups in total. The molecule has 0 spiro atoms. The molecule has 3 aromatic carbocycles. The number of halogens is 2. The van der Waals surface area contributed by atoms with Crippen molar-refractivity contribution in [3.63, 3.8) is 0 Å². The zero-order chi connectivity index (χ0) is 23.2. The summed E-state index contributed by atoms with van der Waals surface area (Å²) >= 11 is 6.41. The minimum Gasteiger partial charge on any atom is -0.355 e. The first kappa shape index (κ1) is 23.5. The van der Waals surface area contributed by atoms with Crippen molar-refractivity contribution in [2.45, 2.75) is 32.2 Å². The Kier molecular flexibility index (Phi) is 7.79. The number of carbonyl (C=O) groups excluding carboxylic acids is 1.